The first-order chi connectivity index (χ1) is 18.3. The number of hydrogen-bond donors (Lipinski definition) is 2. The van der Waals surface area contributed by atoms with E-state index in [0.29, 0.717) is 40.6 Å². The van der Waals surface area contributed by atoms with Crippen LogP contribution in [0.25, 0.3) is 11.1 Å². The summed E-state index contributed by atoms with van der Waals surface area (Å²) in [4.78, 5) is 17.4. The number of anilines is 1. The molecule has 0 saturated carbocycles. The van der Waals surface area contributed by atoms with Gasteiger partial charge in [-0.3, -0.25) is 4.79 Å². The summed E-state index contributed by atoms with van der Waals surface area (Å²) in [6.45, 7) is 4.41. The fourth-order valence-corrected chi connectivity index (χ4v) is 5.34. The van der Waals surface area contributed by atoms with Crippen LogP contribution >= 0.6 is 0 Å². The van der Waals surface area contributed by atoms with Crippen LogP contribution in [0.5, 0.6) is 5.75 Å². The Bertz CT molecular complexity index is 1600. The molecule has 0 fully saturated rings. The summed E-state index contributed by atoms with van der Waals surface area (Å²) in [7, 11) is 0. The monoisotopic (exact) mass is 513 g/mol. The standard InChI is InChI=1S/C30H25F2N3O3/c1-3-37-26-13-27(33)35-15(2)24(26)14-34-30(36)17-5-8-21-23(11-17)29-22-10-16(4-7-20(22)28(21)38-29)19-9-6-18(31)12-25(19)32/h4-13,28-29H,3,14H2,1-2H3,(H2,33,35)(H,34,36)/t28-,29+/m0/s1. The van der Waals surface area contributed by atoms with Gasteiger partial charge in [0.05, 0.1) is 6.61 Å². The average molecular weight is 514 g/mol. The zero-order chi connectivity index (χ0) is 26.6. The lowest BCUT2D eigenvalue weighted by Crippen LogP contribution is -2.24. The molecule has 0 aliphatic carbocycles. The first kappa shape index (κ1) is 24.1. The molecule has 0 spiro atoms. The van der Waals surface area contributed by atoms with Crippen molar-refractivity contribution in [3.63, 3.8) is 0 Å². The van der Waals surface area contributed by atoms with Crippen molar-refractivity contribution in [3.05, 3.63) is 111 Å². The molecule has 38 heavy (non-hydrogen) atoms. The number of benzene rings is 3. The third-order valence-electron chi connectivity index (χ3n) is 7.12. The molecule has 0 saturated heterocycles. The summed E-state index contributed by atoms with van der Waals surface area (Å²) in [5.41, 5.74) is 12.6. The van der Waals surface area contributed by atoms with Crippen LogP contribution in [-0.2, 0) is 11.3 Å². The highest BCUT2D eigenvalue weighted by Crippen LogP contribution is 2.54. The maximum atomic E-state index is 14.4. The number of fused-ring (bicyclic) bond motifs is 8. The van der Waals surface area contributed by atoms with E-state index in [-0.39, 0.29) is 24.7 Å². The van der Waals surface area contributed by atoms with E-state index in [0.717, 1.165) is 33.9 Å². The molecule has 2 bridgehead atoms. The fourth-order valence-electron chi connectivity index (χ4n) is 5.34. The van der Waals surface area contributed by atoms with Crippen LogP contribution in [0.1, 0.15) is 63.0 Å². The number of amides is 1. The number of ether oxygens (including phenoxy) is 2. The smallest absolute Gasteiger partial charge is 0.251 e. The highest BCUT2D eigenvalue weighted by atomic mass is 19.1. The fraction of sp³-hybridized carbons (Fsp3) is 0.200. The van der Waals surface area contributed by atoms with Gasteiger partial charge in [0.25, 0.3) is 5.91 Å². The Morgan fingerprint density at radius 1 is 1.00 bits per heavy atom. The zero-order valence-corrected chi connectivity index (χ0v) is 20.8. The second kappa shape index (κ2) is 9.22. The Morgan fingerprint density at radius 3 is 2.50 bits per heavy atom. The van der Waals surface area contributed by atoms with Gasteiger partial charge in [0.2, 0.25) is 0 Å². The normalized spacial score (nSPS) is 16.7. The van der Waals surface area contributed by atoms with Gasteiger partial charge in [-0.05, 0) is 72.0 Å². The van der Waals surface area contributed by atoms with Crippen molar-refractivity contribution in [1.82, 2.24) is 10.3 Å². The van der Waals surface area contributed by atoms with Gasteiger partial charge in [-0.15, -0.1) is 0 Å². The average Bonchev–Trinajstić information content (AvgIpc) is 3.45. The Hall–Kier alpha value is -4.30. The molecule has 2 aliphatic heterocycles. The first-order valence-corrected chi connectivity index (χ1v) is 12.4. The molecule has 3 N–H and O–H groups in total. The van der Waals surface area contributed by atoms with Crippen molar-refractivity contribution in [1.29, 1.82) is 0 Å². The summed E-state index contributed by atoms with van der Waals surface area (Å²) in [5.74, 6) is -0.516. The molecular weight excluding hydrogens is 488 g/mol. The molecule has 3 aromatic carbocycles. The van der Waals surface area contributed by atoms with Crippen LogP contribution < -0.4 is 15.8 Å². The van der Waals surface area contributed by atoms with Gasteiger partial charge in [-0.1, -0.05) is 18.2 Å². The maximum Gasteiger partial charge on any atom is 0.251 e. The van der Waals surface area contributed by atoms with Gasteiger partial charge in [-0.25, -0.2) is 13.8 Å². The minimum absolute atomic E-state index is 0.238. The van der Waals surface area contributed by atoms with Gasteiger partial charge in [0.1, 0.15) is 35.4 Å². The molecule has 3 heterocycles. The van der Waals surface area contributed by atoms with Crippen molar-refractivity contribution in [3.8, 4) is 16.9 Å². The molecule has 6 rings (SSSR count). The molecule has 0 radical (unpaired) electrons. The number of nitrogens with zero attached hydrogens (tertiary/aromatic N) is 1. The van der Waals surface area contributed by atoms with Crippen molar-refractivity contribution in [2.75, 3.05) is 12.3 Å². The van der Waals surface area contributed by atoms with Crippen molar-refractivity contribution in [2.45, 2.75) is 32.6 Å². The second-order valence-electron chi connectivity index (χ2n) is 9.43. The van der Waals surface area contributed by atoms with Crippen molar-refractivity contribution >= 4 is 11.7 Å². The first-order valence-electron chi connectivity index (χ1n) is 12.4. The van der Waals surface area contributed by atoms with Crippen LogP contribution in [0, 0.1) is 18.6 Å². The minimum Gasteiger partial charge on any atom is -0.493 e. The van der Waals surface area contributed by atoms with Crippen molar-refractivity contribution in [2.24, 2.45) is 0 Å². The highest BCUT2D eigenvalue weighted by molar-refractivity contribution is 5.94. The highest BCUT2D eigenvalue weighted by Gasteiger charge is 2.43. The van der Waals surface area contributed by atoms with Crippen LogP contribution in [0.2, 0.25) is 0 Å². The molecular formula is C30H25F2N3O3. The SMILES string of the molecule is CCOc1cc(N)nc(C)c1CNC(=O)c1ccc2c(c1)[C@@H]1O[C@H]2c2ccc(-c3ccc(F)cc3F)cc21. The Balaban J connectivity index is 1.25. The van der Waals surface area contributed by atoms with E-state index >= 15 is 0 Å². The lowest BCUT2D eigenvalue weighted by atomic mass is 9.83. The van der Waals surface area contributed by atoms with E-state index in [9.17, 15) is 13.6 Å². The van der Waals surface area contributed by atoms with Gasteiger partial charge < -0.3 is 20.5 Å². The number of nitrogens with one attached hydrogen (secondary N) is 1. The van der Waals surface area contributed by atoms with Crippen LogP contribution in [0.15, 0.2) is 60.7 Å². The second-order valence-corrected chi connectivity index (χ2v) is 9.43. The number of halogens is 2. The van der Waals surface area contributed by atoms with Gasteiger partial charge in [0, 0.05) is 41.1 Å². The van der Waals surface area contributed by atoms with Crippen molar-refractivity contribution < 1.29 is 23.0 Å². The minimum atomic E-state index is -0.619. The number of nitrogen functional groups attached to an aromatic ring is 1. The molecule has 2 aliphatic rings. The zero-order valence-electron chi connectivity index (χ0n) is 20.8. The quantitative estimate of drug-likeness (QED) is 0.342. The van der Waals surface area contributed by atoms with Crippen LogP contribution in [0.3, 0.4) is 0 Å². The predicted octanol–water partition coefficient (Wildman–Crippen LogP) is 5.77. The van der Waals surface area contributed by atoms with Crippen LogP contribution in [-0.4, -0.2) is 17.5 Å². The van der Waals surface area contributed by atoms with E-state index in [1.807, 2.05) is 44.2 Å². The maximum absolute atomic E-state index is 14.4. The summed E-state index contributed by atoms with van der Waals surface area (Å²) < 4.78 is 39.8. The Labute approximate surface area is 218 Å². The summed E-state index contributed by atoms with van der Waals surface area (Å²) >= 11 is 0. The summed E-state index contributed by atoms with van der Waals surface area (Å²) in [6.07, 6.45) is -0.610. The number of aromatic nitrogens is 1. The molecule has 1 aromatic heterocycles. The molecule has 6 nitrogen and oxygen atoms in total. The number of rotatable bonds is 6. The van der Waals surface area contributed by atoms with Gasteiger partial charge in [-0.2, -0.15) is 0 Å². The number of hydrogen-bond acceptors (Lipinski definition) is 5. The van der Waals surface area contributed by atoms with Crippen LogP contribution in [0.4, 0.5) is 14.6 Å². The lowest BCUT2D eigenvalue weighted by molar-refractivity contribution is 0.0857. The van der Waals surface area contributed by atoms with E-state index in [1.54, 1.807) is 12.1 Å². The molecule has 192 valence electrons. The van der Waals surface area contributed by atoms with E-state index in [1.165, 1.54) is 12.1 Å². The number of carbonyl (C=O) groups excluding carboxylic acids is 1. The molecule has 1 amide bonds. The third-order valence-corrected chi connectivity index (χ3v) is 7.12. The summed E-state index contributed by atoms with van der Waals surface area (Å²) in [6, 6.07) is 16.4. The molecule has 2 atom stereocenters. The Kier molecular flexibility index (Phi) is 5.84. The topological polar surface area (TPSA) is 86.5 Å². The van der Waals surface area contributed by atoms with E-state index in [4.69, 9.17) is 15.2 Å². The Morgan fingerprint density at radius 2 is 1.74 bits per heavy atom. The molecule has 8 heteroatoms. The molecule has 0 unspecified atom stereocenters. The van der Waals surface area contributed by atoms with E-state index < -0.39 is 11.6 Å². The number of aryl methyl sites for hydroxylation is 1. The summed E-state index contributed by atoms with van der Waals surface area (Å²) in [5, 5.41) is 2.96. The lowest BCUT2D eigenvalue weighted by Gasteiger charge is -2.18. The van der Waals surface area contributed by atoms with Gasteiger partial charge in [0.15, 0.2) is 0 Å². The van der Waals surface area contributed by atoms with Gasteiger partial charge >= 0.3 is 0 Å². The van der Waals surface area contributed by atoms with E-state index in [2.05, 4.69) is 10.3 Å². The number of carbonyl (C=O) groups is 1. The number of nitrogens with two attached hydrogens (primary N) is 1. The molecule has 4 aromatic rings. The predicted molar refractivity (Wildman–Crippen MR) is 139 cm³/mol. The third kappa shape index (κ3) is 3.97. The number of pyridine rings is 1. The largest absolute Gasteiger partial charge is 0.493 e.